The number of nitrogens with one attached hydrogen (secondary N) is 1. The van der Waals surface area contributed by atoms with Crippen LogP contribution in [-0.2, 0) is 16.9 Å². The molecule has 1 fully saturated rings. The van der Waals surface area contributed by atoms with Gasteiger partial charge in [-0.05, 0) is 25.8 Å². The maximum absolute atomic E-state index is 14.0. The molecule has 2 aliphatic rings. The molecule has 2 atom stereocenters. The summed E-state index contributed by atoms with van der Waals surface area (Å²) in [5.41, 5.74) is -1.71. The SMILES string of the molecule is CCCCOc1c2n(cc(C(=O)NCc3ccc(F)cc3F)c1=O)[C@]1(C[C@@H]1C=O)CN(CC)C2=O. The highest BCUT2D eigenvalue weighted by molar-refractivity contribution is 5.99. The van der Waals surface area contributed by atoms with E-state index in [1.54, 1.807) is 9.47 Å². The Labute approximate surface area is 200 Å². The fraction of sp³-hybridized carbons (Fsp3) is 0.440. The molecule has 0 saturated heterocycles. The van der Waals surface area contributed by atoms with Crippen LogP contribution in [0.4, 0.5) is 8.78 Å². The Kier molecular flexibility index (Phi) is 6.73. The molecule has 0 radical (unpaired) electrons. The van der Waals surface area contributed by atoms with Gasteiger partial charge in [-0.25, -0.2) is 8.78 Å². The lowest BCUT2D eigenvalue weighted by atomic mass is 10.0. The van der Waals surface area contributed by atoms with Crippen LogP contribution in [0.25, 0.3) is 0 Å². The summed E-state index contributed by atoms with van der Waals surface area (Å²) >= 11 is 0. The molecule has 1 N–H and O–H groups in total. The number of fused-ring (bicyclic) bond motifs is 2. The number of carbonyl (C=O) groups excluding carboxylic acids is 3. The van der Waals surface area contributed by atoms with E-state index in [9.17, 15) is 28.0 Å². The van der Waals surface area contributed by atoms with E-state index in [-0.39, 0.29) is 48.2 Å². The van der Waals surface area contributed by atoms with E-state index < -0.39 is 34.4 Å². The summed E-state index contributed by atoms with van der Waals surface area (Å²) in [5.74, 6) is -3.37. The first-order chi connectivity index (χ1) is 16.8. The van der Waals surface area contributed by atoms with Crippen molar-refractivity contribution in [2.45, 2.75) is 45.2 Å². The Morgan fingerprint density at radius 2 is 2.06 bits per heavy atom. The molecule has 186 valence electrons. The molecule has 2 heterocycles. The zero-order valence-electron chi connectivity index (χ0n) is 19.6. The molecular formula is C25H27F2N3O5. The van der Waals surface area contributed by atoms with Crippen molar-refractivity contribution >= 4 is 18.1 Å². The first kappa shape index (κ1) is 24.6. The molecular weight excluding hydrogens is 460 g/mol. The third kappa shape index (κ3) is 4.33. The van der Waals surface area contributed by atoms with Gasteiger partial charge in [0.15, 0.2) is 11.4 Å². The van der Waals surface area contributed by atoms with Gasteiger partial charge in [-0.2, -0.15) is 0 Å². The normalized spacial score (nSPS) is 20.5. The number of ether oxygens (including phenoxy) is 1. The van der Waals surface area contributed by atoms with Crippen LogP contribution < -0.4 is 15.5 Å². The first-order valence-corrected chi connectivity index (χ1v) is 11.7. The molecule has 1 aromatic heterocycles. The van der Waals surface area contributed by atoms with Crippen molar-refractivity contribution in [1.82, 2.24) is 14.8 Å². The molecule has 0 unspecified atom stereocenters. The van der Waals surface area contributed by atoms with Gasteiger partial charge in [0.05, 0.1) is 12.1 Å². The largest absolute Gasteiger partial charge is 0.487 e. The number of nitrogens with zero attached hydrogens (tertiary/aromatic N) is 2. The zero-order valence-corrected chi connectivity index (χ0v) is 19.6. The fourth-order valence-corrected chi connectivity index (χ4v) is 4.53. The molecule has 1 aliphatic heterocycles. The van der Waals surface area contributed by atoms with Gasteiger partial charge in [0.1, 0.15) is 23.5 Å². The Hall–Kier alpha value is -3.56. The van der Waals surface area contributed by atoms with E-state index in [0.29, 0.717) is 25.5 Å². The summed E-state index contributed by atoms with van der Waals surface area (Å²) in [6, 6.07) is 2.98. The molecule has 0 bridgehead atoms. The minimum absolute atomic E-state index is 0.0321. The van der Waals surface area contributed by atoms with Gasteiger partial charge in [0.25, 0.3) is 11.8 Å². The van der Waals surface area contributed by atoms with Gasteiger partial charge in [-0.15, -0.1) is 0 Å². The second-order valence-electron chi connectivity index (χ2n) is 8.91. The maximum atomic E-state index is 14.0. The number of likely N-dealkylation sites (N-methyl/N-ethyl adjacent to an activating group) is 1. The van der Waals surface area contributed by atoms with Crippen LogP contribution >= 0.6 is 0 Å². The topological polar surface area (TPSA) is 97.7 Å². The minimum Gasteiger partial charge on any atom is -0.487 e. The summed E-state index contributed by atoms with van der Waals surface area (Å²) in [6.45, 7) is 4.32. The summed E-state index contributed by atoms with van der Waals surface area (Å²) < 4.78 is 34.5. The number of aromatic nitrogens is 1. The Morgan fingerprint density at radius 3 is 2.69 bits per heavy atom. The molecule has 4 rings (SSSR count). The number of hydrogen-bond acceptors (Lipinski definition) is 5. The van der Waals surface area contributed by atoms with E-state index in [2.05, 4.69) is 5.32 Å². The number of halogens is 2. The number of carbonyl (C=O) groups is 3. The number of rotatable bonds is 9. The highest BCUT2D eigenvalue weighted by atomic mass is 19.1. The molecule has 10 heteroatoms. The Morgan fingerprint density at radius 1 is 1.29 bits per heavy atom. The van der Waals surface area contributed by atoms with E-state index in [1.807, 2.05) is 13.8 Å². The van der Waals surface area contributed by atoms with Gasteiger partial charge >= 0.3 is 0 Å². The quantitative estimate of drug-likeness (QED) is 0.433. The van der Waals surface area contributed by atoms with Crippen molar-refractivity contribution in [2.24, 2.45) is 5.92 Å². The van der Waals surface area contributed by atoms with Crippen LogP contribution in [0.15, 0.2) is 29.2 Å². The molecule has 1 aromatic carbocycles. The Bertz CT molecular complexity index is 1240. The molecule has 8 nitrogen and oxygen atoms in total. The second kappa shape index (κ2) is 9.59. The van der Waals surface area contributed by atoms with Gasteiger partial charge in [-0.1, -0.05) is 19.4 Å². The van der Waals surface area contributed by atoms with Crippen LogP contribution in [0.3, 0.4) is 0 Å². The molecule has 1 aliphatic carbocycles. The standard InChI is InChI=1S/C25H27F2N3O5/c1-3-5-8-35-22-20-24(34)29(4-2)14-25(10-16(25)13-31)30(20)12-18(21(22)32)23(33)28-11-15-6-7-17(26)9-19(15)27/h6-7,9,12-13,16H,3-5,8,10-11,14H2,1-2H3,(H,28,33)/t16-,25-/m1/s1. The molecule has 2 amide bonds. The van der Waals surface area contributed by atoms with Gasteiger partial charge in [0, 0.05) is 43.4 Å². The average molecular weight is 488 g/mol. The van der Waals surface area contributed by atoms with E-state index >= 15 is 0 Å². The zero-order chi connectivity index (χ0) is 25.3. The van der Waals surface area contributed by atoms with Crippen LogP contribution in [0.2, 0.25) is 0 Å². The minimum atomic E-state index is -0.827. The maximum Gasteiger partial charge on any atom is 0.274 e. The van der Waals surface area contributed by atoms with Gasteiger partial charge in [-0.3, -0.25) is 14.4 Å². The van der Waals surface area contributed by atoms with Crippen molar-refractivity contribution in [3.8, 4) is 5.75 Å². The second-order valence-corrected chi connectivity index (χ2v) is 8.91. The average Bonchev–Trinajstić information content (AvgIpc) is 3.55. The van der Waals surface area contributed by atoms with Crippen molar-refractivity contribution in [3.63, 3.8) is 0 Å². The van der Waals surface area contributed by atoms with Gasteiger partial charge < -0.3 is 24.3 Å². The number of pyridine rings is 1. The lowest BCUT2D eigenvalue weighted by Gasteiger charge is -2.37. The van der Waals surface area contributed by atoms with Crippen LogP contribution in [-0.4, -0.2) is 47.3 Å². The summed E-state index contributed by atoms with van der Waals surface area (Å²) in [4.78, 5) is 52.9. The van der Waals surface area contributed by atoms with Gasteiger partial charge in [0.2, 0.25) is 5.43 Å². The predicted octanol–water partition coefficient (Wildman–Crippen LogP) is 2.63. The smallest absolute Gasteiger partial charge is 0.274 e. The first-order valence-electron chi connectivity index (χ1n) is 11.7. The van der Waals surface area contributed by atoms with E-state index in [1.165, 1.54) is 12.3 Å². The monoisotopic (exact) mass is 487 g/mol. The molecule has 1 spiro atoms. The van der Waals surface area contributed by atoms with Crippen LogP contribution in [0.5, 0.6) is 5.75 Å². The van der Waals surface area contributed by atoms with E-state index in [4.69, 9.17) is 4.74 Å². The third-order valence-corrected chi connectivity index (χ3v) is 6.69. The molecule has 1 saturated carbocycles. The Balaban J connectivity index is 1.76. The predicted molar refractivity (Wildman–Crippen MR) is 122 cm³/mol. The summed E-state index contributed by atoms with van der Waals surface area (Å²) in [7, 11) is 0. The van der Waals surface area contributed by atoms with Crippen molar-refractivity contribution in [2.75, 3.05) is 19.7 Å². The molecule has 35 heavy (non-hydrogen) atoms. The summed E-state index contributed by atoms with van der Waals surface area (Å²) in [5, 5.41) is 2.49. The number of aldehydes is 1. The van der Waals surface area contributed by atoms with E-state index in [0.717, 1.165) is 18.8 Å². The van der Waals surface area contributed by atoms with Crippen molar-refractivity contribution in [3.05, 3.63) is 63.1 Å². The lowest BCUT2D eigenvalue weighted by Crippen LogP contribution is -2.50. The fourth-order valence-electron chi connectivity index (χ4n) is 4.53. The number of benzene rings is 1. The highest BCUT2D eigenvalue weighted by Crippen LogP contribution is 2.52. The van der Waals surface area contributed by atoms with Crippen molar-refractivity contribution < 1.29 is 27.9 Å². The van der Waals surface area contributed by atoms with Crippen LogP contribution in [0.1, 0.15) is 59.5 Å². The molecule has 2 aromatic rings. The number of amides is 2. The number of unbranched alkanes of at least 4 members (excludes halogenated alkanes) is 1. The summed E-state index contributed by atoms with van der Waals surface area (Å²) in [6.07, 6.45) is 4.01. The van der Waals surface area contributed by atoms with Crippen LogP contribution in [0, 0.1) is 17.6 Å². The lowest BCUT2D eigenvalue weighted by molar-refractivity contribution is -0.109. The highest BCUT2D eigenvalue weighted by Gasteiger charge is 2.60. The third-order valence-electron chi connectivity index (χ3n) is 6.69. The number of hydrogen-bond donors (Lipinski definition) is 1. The van der Waals surface area contributed by atoms with Crippen molar-refractivity contribution in [1.29, 1.82) is 0 Å².